The van der Waals surface area contributed by atoms with Gasteiger partial charge in [0.25, 0.3) is 0 Å². The molecule has 0 spiro atoms. The Bertz CT molecular complexity index is 644. The normalized spacial score (nSPS) is 20.9. The van der Waals surface area contributed by atoms with Gasteiger partial charge in [0.2, 0.25) is 5.91 Å². The highest BCUT2D eigenvalue weighted by molar-refractivity contribution is 5.78. The minimum Gasteiger partial charge on any atom is -0.469 e. The first-order chi connectivity index (χ1) is 11.2. The number of aryl methyl sites for hydroxylation is 1. The lowest BCUT2D eigenvalue weighted by Gasteiger charge is -2.33. The first-order valence-corrected chi connectivity index (χ1v) is 7.65. The second-order valence-corrected chi connectivity index (χ2v) is 5.59. The van der Waals surface area contributed by atoms with Crippen LogP contribution in [-0.4, -0.2) is 41.2 Å². The fourth-order valence-corrected chi connectivity index (χ4v) is 2.61. The summed E-state index contributed by atoms with van der Waals surface area (Å²) in [5, 5.41) is 6.36. The maximum absolute atomic E-state index is 12.3. The van der Waals surface area contributed by atoms with E-state index in [1.54, 1.807) is 18.5 Å². The Labute approximate surface area is 134 Å². The summed E-state index contributed by atoms with van der Waals surface area (Å²) >= 11 is 0. The molecule has 7 heteroatoms. The maximum atomic E-state index is 12.3. The van der Waals surface area contributed by atoms with Crippen molar-refractivity contribution in [3.8, 4) is 0 Å². The van der Waals surface area contributed by atoms with E-state index >= 15 is 0 Å². The standard InChI is InChI=1S/C16H20N4O3/c1-11-3-7-23-14(11)8-16(21)20-12-4-6-22-9-13(12)19-15-2-5-17-10-18-15/h2-3,5,7,10,12-13H,4,6,8-9H2,1H3,(H,20,21)(H,17,18,19)/t12-,13+/m0/s1. The molecule has 0 saturated carbocycles. The highest BCUT2D eigenvalue weighted by Crippen LogP contribution is 2.14. The number of aromatic nitrogens is 2. The average Bonchev–Trinajstić information content (AvgIpc) is 2.95. The van der Waals surface area contributed by atoms with E-state index in [0.29, 0.717) is 19.0 Å². The molecule has 2 N–H and O–H groups in total. The third-order valence-electron chi connectivity index (χ3n) is 3.91. The molecule has 7 nitrogen and oxygen atoms in total. The summed E-state index contributed by atoms with van der Waals surface area (Å²) in [7, 11) is 0. The van der Waals surface area contributed by atoms with Crippen molar-refractivity contribution >= 4 is 11.7 Å². The zero-order valence-electron chi connectivity index (χ0n) is 13.0. The van der Waals surface area contributed by atoms with Gasteiger partial charge in [-0.25, -0.2) is 9.97 Å². The van der Waals surface area contributed by atoms with Crippen LogP contribution >= 0.6 is 0 Å². The van der Waals surface area contributed by atoms with E-state index in [2.05, 4.69) is 20.6 Å². The van der Waals surface area contributed by atoms with E-state index in [0.717, 1.165) is 17.8 Å². The van der Waals surface area contributed by atoms with Crippen LogP contribution < -0.4 is 10.6 Å². The molecule has 2 atom stereocenters. The van der Waals surface area contributed by atoms with Crippen LogP contribution in [0.25, 0.3) is 0 Å². The number of hydrogen-bond donors (Lipinski definition) is 2. The van der Waals surface area contributed by atoms with Crippen molar-refractivity contribution in [2.24, 2.45) is 0 Å². The molecule has 1 amide bonds. The van der Waals surface area contributed by atoms with E-state index in [1.807, 2.05) is 13.0 Å². The third kappa shape index (κ3) is 4.07. The Morgan fingerprint density at radius 2 is 2.30 bits per heavy atom. The van der Waals surface area contributed by atoms with Gasteiger partial charge in [-0.2, -0.15) is 0 Å². The summed E-state index contributed by atoms with van der Waals surface area (Å²) in [6.07, 6.45) is 5.76. The summed E-state index contributed by atoms with van der Waals surface area (Å²) in [5.74, 6) is 1.37. The molecule has 122 valence electrons. The molecule has 0 aromatic carbocycles. The fourth-order valence-electron chi connectivity index (χ4n) is 2.61. The van der Waals surface area contributed by atoms with Crippen LogP contribution in [0, 0.1) is 6.92 Å². The second kappa shape index (κ2) is 7.23. The van der Waals surface area contributed by atoms with Gasteiger partial charge in [0.05, 0.1) is 31.4 Å². The van der Waals surface area contributed by atoms with Crippen molar-refractivity contribution in [1.29, 1.82) is 0 Å². The van der Waals surface area contributed by atoms with Gasteiger partial charge in [-0.05, 0) is 31.0 Å². The number of rotatable bonds is 5. The lowest BCUT2D eigenvalue weighted by Crippen LogP contribution is -2.52. The fraction of sp³-hybridized carbons (Fsp3) is 0.438. The molecule has 1 aliphatic heterocycles. The van der Waals surface area contributed by atoms with Crippen molar-refractivity contribution in [2.75, 3.05) is 18.5 Å². The van der Waals surface area contributed by atoms with E-state index in [9.17, 15) is 4.79 Å². The van der Waals surface area contributed by atoms with Crippen LogP contribution in [0.5, 0.6) is 0 Å². The highest BCUT2D eigenvalue weighted by atomic mass is 16.5. The Morgan fingerprint density at radius 1 is 1.39 bits per heavy atom. The molecule has 0 aliphatic carbocycles. The van der Waals surface area contributed by atoms with E-state index in [1.165, 1.54) is 6.33 Å². The summed E-state index contributed by atoms with van der Waals surface area (Å²) in [5.41, 5.74) is 0.989. The molecule has 3 rings (SSSR count). The number of carbonyl (C=O) groups is 1. The number of furan rings is 1. The van der Waals surface area contributed by atoms with Crippen LogP contribution in [0.3, 0.4) is 0 Å². The Hall–Kier alpha value is -2.41. The first kappa shape index (κ1) is 15.5. The highest BCUT2D eigenvalue weighted by Gasteiger charge is 2.27. The van der Waals surface area contributed by atoms with Gasteiger partial charge in [0, 0.05) is 12.8 Å². The molecular formula is C16H20N4O3. The van der Waals surface area contributed by atoms with E-state index in [4.69, 9.17) is 9.15 Å². The minimum absolute atomic E-state index is 0.0125. The Morgan fingerprint density at radius 3 is 3.04 bits per heavy atom. The largest absolute Gasteiger partial charge is 0.469 e. The Balaban J connectivity index is 1.60. The van der Waals surface area contributed by atoms with Crippen molar-refractivity contribution in [2.45, 2.75) is 31.8 Å². The monoisotopic (exact) mass is 316 g/mol. The predicted octanol–water partition coefficient (Wildman–Crippen LogP) is 1.31. The van der Waals surface area contributed by atoms with Gasteiger partial charge in [-0.1, -0.05) is 0 Å². The van der Waals surface area contributed by atoms with Crippen molar-refractivity contribution in [1.82, 2.24) is 15.3 Å². The molecule has 0 radical (unpaired) electrons. The molecule has 3 heterocycles. The van der Waals surface area contributed by atoms with Crippen molar-refractivity contribution < 1.29 is 13.9 Å². The second-order valence-electron chi connectivity index (χ2n) is 5.59. The van der Waals surface area contributed by atoms with Crippen LogP contribution in [0.2, 0.25) is 0 Å². The first-order valence-electron chi connectivity index (χ1n) is 7.65. The predicted molar refractivity (Wildman–Crippen MR) is 84.0 cm³/mol. The van der Waals surface area contributed by atoms with Gasteiger partial charge in [-0.15, -0.1) is 0 Å². The van der Waals surface area contributed by atoms with E-state index < -0.39 is 0 Å². The molecule has 2 aromatic rings. The summed E-state index contributed by atoms with van der Waals surface area (Å²) in [4.78, 5) is 20.3. The van der Waals surface area contributed by atoms with Gasteiger partial charge in [0.1, 0.15) is 17.9 Å². The number of hydrogen-bond acceptors (Lipinski definition) is 6. The summed E-state index contributed by atoms with van der Waals surface area (Å²) < 4.78 is 10.8. The Kier molecular flexibility index (Phi) is 4.87. The number of carbonyl (C=O) groups excluding carboxylic acids is 1. The zero-order valence-corrected chi connectivity index (χ0v) is 13.0. The smallest absolute Gasteiger partial charge is 0.227 e. The SMILES string of the molecule is Cc1ccoc1CC(=O)N[C@H]1CCOC[C@H]1Nc1ccncn1. The number of anilines is 1. The summed E-state index contributed by atoms with van der Waals surface area (Å²) in [6, 6.07) is 3.61. The number of nitrogens with one attached hydrogen (secondary N) is 2. The third-order valence-corrected chi connectivity index (χ3v) is 3.91. The quantitative estimate of drug-likeness (QED) is 0.864. The van der Waals surface area contributed by atoms with Crippen LogP contribution in [0.1, 0.15) is 17.7 Å². The molecule has 1 fully saturated rings. The molecule has 0 bridgehead atoms. The van der Waals surface area contributed by atoms with Gasteiger partial charge < -0.3 is 19.8 Å². The molecule has 2 aromatic heterocycles. The van der Waals surface area contributed by atoms with Crippen molar-refractivity contribution in [3.63, 3.8) is 0 Å². The molecule has 23 heavy (non-hydrogen) atoms. The molecule has 0 unspecified atom stereocenters. The number of ether oxygens (including phenoxy) is 1. The number of amides is 1. The lowest BCUT2D eigenvalue weighted by molar-refractivity contribution is -0.122. The minimum atomic E-state index is -0.0514. The van der Waals surface area contributed by atoms with Crippen LogP contribution in [-0.2, 0) is 16.0 Å². The number of nitrogens with zero attached hydrogens (tertiary/aromatic N) is 2. The van der Waals surface area contributed by atoms with Gasteiger partial charge >= 0.3 is 0 Å². The van der Waals surface area contributed by atoms with Crippen LogP contribution in [0.15, 0.2) is 35.3 Å². The zero-order chi connectivity index (χ0) is 16.1. The summed E-state index contributed by atoms with van der Waals surface area (Å²) in [6.45, 7) is 3.08. The average molecular weight is 316 g/mol. The molecule has 1 saturated heterocycles. The van der Waals surface area contributed by atoms with Gasteiger partial charge in [0.15, 0.2) is 0 Å². The van der Waals surface area contributed by atoms with Crippen LogP contribution in [0.4, 0.5) is 5.82 Å². The van der Waals surface area contributed by atoms with E-state index in [-0.39, 0.29) is 24.4 Å². The molecular weight excluding hydrogens is 296 g/mol. The molecule has 1 aliphatic rings. The van der Waals surface area contributed by atoms with Gasteiger partial charge in [-0.3, -0.25) is 4.79 Å². The maximum Gasteiger partial charge on any atom is 0.227 e. The topological polar surface area (TPSA) is 89.3 Å². The van der Waals surface area contributed by atoms with Crippen molar-refractivity contribution in [3.05, 3.63) is 42.2 Å². The lowest BCUT2D eigenvalue weighted by atomic mass is 10.0.